The van der Waals surface area contributed by atoms with Crippen molar-refractivity contribution in [2.45, 2.75) is 19.3 Å². The fourth-order valence-corrected chi connectivity index (χ4v) is 3.79. The predicted octanol–water partition coefficient (Wildman–Crippen LogP) is 6.97. The first-order chi connectivity index (χ1) is 15.8. The molecule has 152 valence electrons. The molecule has 0 aromatic heterocycles. The molecule has 4 aromatic rings. The third-order valence-electron chi connectivity index (χ3n) is 5.89. The van der Waals surface area contributed by atoms with E-state index >= 15 is 0 Å². The summed E-state index contributed by atoms with van der Waals surface area (Å²) in [4.78, 5) is 22.3. The van der Waals surface area contributed by atoms with Gasteiger partial charge in [0.1, 0.15) is 15.3 Å². The Kier molecular flexibility index (Phi) is 4.96. The van der Waals surface area contributed by atoms with Crippen LogP contribution in [0.25, 0.3) is 22.3 Å². The molecule has 0 aliphatic heterocycles. The fraction of sp³-hybridized carbons (Fsp3) is 0.103. The molecule has 2 nitrogen and oxygen atoms in total. The minimum absolute atomic E-state index is 0.194. The summed E-state index contributed by atoms with van der Waals surface area (Å²) in [6.07, 6.45) is -1.35. The van der Waals surface area contributed by atoms with Crippen molar-refractivity contribution < 1.29 is 12.3 Å². The van der Waals surface area contributed by atoms with Crippen LogP contribution in [0.4, 0.5) is 0 Å². The van der Waals surface area contributed by atoms with Crippen LogP contribution < -0.4 is 0 Å². The average Bonchev–Trinajstić information content (AvgIpc) is 2.84. The van der Waals surface area contributed by atoms with Gasteiger partial charge in [-0.3, -0.25) is 9.59 Å². The number of hydrogen-bond acceptors (Lipinski definition) is 2. The van der Waals surface area contributed by atoms with Crippen molar-refractivity contribution in [1.82, 2.24) is 0 Å². The first-order valence-corrected chi connectivity index (χ1v) is 10.2. The van der Waals surface area contributed by atoms with Crippen molar-refractivity contribution in [1.29, 1.82) is 0 Å². The number of aldehydes is 2. The molecule has 0 atom stereocenters. The molecule has 4 rings (SSSR count). The number of rotatable bonds is 6. The maximum absolute atomic E-state index is 11.2. The summed E-state index contributed by atoms with van der Waals surface area (Å²) in [5.41, 5.74) is 7.10. The summed E-state index contributed by atoms with van der Waals surface area (Å²) in [5.74, 6) is 0. The quantitative estimate of drug-likeness (QED) is 0.323. The summed E-state index contributed by atoms with van der Waals surface area (Å²) in [5, 5.41) is 0. The molecule has 4 aromatic carbocycles. The molecule has 0 bridgehead atoms. The molecular weight excluding hydrogens is 380 g/mol. The summed E-state index contributed by atoms with van der Waals surface area (Å²) in [7, 11) is 0. The zero-order chi connectivity index (χ0) is 23.6. The van der Waals surface area contributed by atoms with Crippen LogP contribution in [0, 0.1) is 0 Å². The van der Waals surface area contributed by atoms with Gasteiger partial charge in [0.15, 0.2) is 0 Å². The van der Waals surface area contributed by atoms with E-state index in [9.17, 15) is 9.59 Å². The molecule has 31 heavy (non-hydrogen) atoms. The fourth-order valence-electron chi connectivity index (χ4n) is 3.79. The van der Waals surface area contributed by atoms with Crippen LogP contribution in [-0.4, -0.2) is 12.5 Å². The van der Waals surface area contributed by atoms with E-state index in [1.54, 1.807) is 24.3 Å². The van der Waals surface area contributed by atoms with E-state index < -0.39 is 12.5 Å². The first-order valence-electron chi connectivity index (χ1n) is 11.2. The van der Waals surface area contributed by atoms with Crippen LogP contribution >= 0.6 is 0 Å². The lowest BCUT2D eigenvalue weighted by Crippen LogP contribution is -2.18. The number of carbonyl (C=O) groups excluding carboxylic acids is 2. The molecule has 0 fully saturated rings. The lowest BCUT2D eigenvalue weighted by Gasteiger charge is -2.26. The standard InChI is InChI=1S/C29H24O2/c1-29(2,27-15-11-25(12-16-27)23-7-3-21(19-30)4-8-23)28-17-13-26(14-18-28)24-9-5-22(20-31)6-10-24/h3-20H,1-2H3/i19T,20T. The lowest BCUT2D eigenvalue weighted by atomic mass is 9.77. The molecule has 0 N–H and O–H groups in total. The highest BCUT2D eigenvalue weighted by Crippen LogP contribution is 2.34. The zero-order valence-corrected chi connectivity index (χ0v) is 17.6. The highest BCUT2D eigenvalue weighted by atomic mass is 16.1. The van der Waals surface area contributed by atoms with Gasteiger partial charge in [-0.05, 0) is 33.4 Å². The van der Waals surface area contributed by atoms with Crippen LogP contribution in [0.2, 0.25) is 0 Å². The maximum Gasteiger partial charge on any atom is 0.150 e. The second-order valence-corrected chi connectivity index (χ2v) is 8.14. The van der Waals surface area contributed by atoms with Crippen molar-refractivity contribution >= 4 is 12.5 Å². The highest BCUT2D eigenvalue weighted by molar-refractivity contribution is 5.77. The molecule has 0 amide bonds. The molecule has 0 aliphatic carbocycles. The van der Waals surface area contributed by atoms with E-state index in [-0.39, 0.29) is 5.41 Å². The van der Waals surface area contributed by atoms with Gasteiger partial charge in [-0.25, -0.2) is 0 Å². The molecule has 2 heteroatoms. The van der Waals surface area contributed by atoms with Crippen LogP contribution in [0.15, 0.2) is 97.1 Å². The smallest absolute Gasteiger partial charge is 0.150 e. The average molecular weight is 409 g/mol. The van der Waals surface area contributed by atoms with E-state index in [2.05, 4.69) is 62.4 Å². The molecule has 0 heterocycles. The molecule has 0 radical (unpaired) electrons. The largest absolute Gasteiger partial charge is 0.298 e. The van der Waals surface area contributed by atoms with Crippen molar-refractivity contribution in [2.24, 2.45) is 0 Å². The van der Waals surface area contributed by atoms with E-state index in [0.29, 0.717) is 11.1 Å². The molecule has 0 spiro atoms. The Bertz CT molecular complexity index is 1180. The number of hydrogen-bond donors (Lipinski definition) is 0. The summed E-state index contributed by atoms with van der Waals surface area (Å²) in [6, 6.07) is 31.0. The Morgan fingerprint density at radius 1 is 0.516 bits per heavy atom. The Balaban J connectivity index is 1.55. The van der Waals surface area contributed by atoms with Gasteiger partial charge in [0, 0.05) is 16.5 Å². The minimum atomic E-state index is -0.676. The Hall–Kier alpha value is -3.78. The SMILES string of the molecule is [3H]C(=O)c1ccc(-c2ccc(C(C)(C)c3ccc(-c4ccc(C([3H])=O)cc4)cc3)cc2)cc1. The topological polar surface area (TPSA) is 34.1 Å². The normalized spacial score (nSPS) is 12.1. The van der Waals surface area contributed by atoms with Gasteiger partial charge < -0.3 is 0 Å². The summed E-state index contributed by atoms with van der Waals surface area (Å²) < 4.78 is 14.4. The minimum Gasteiger partial charge on any atom is -0.298 e. The van der Waals surface area contributed by atoms with Crippen LogP contribution in [0.5, 0.6) is 0 Å². The molecule has 0 saturated carbocycles. The van der Waals surface area contributed by atoms with Crippen LogP contribution in [0.1, 0.15) is 48.4 Å². The Morgan fingerprint density at radius 3 is 1.03 bits per heavy atom. The summed E-state index contributed by atoms with van der Waals surface area (Å²) >= 11 is 0. The van der Waals surface area contributed by atoms with Crippen molar-refractivity contribution in [3.05, 3.63) is 119 Å². The monoisotopic (exact) mass is 408 g/mol. The third kappa shape index (κ3) is 4.24. The molecule has 0 aliphatic rings. The van der Waals surface area contributed by atoms with E-state index in [1.165, 1.54) is 11.1 Å². The van der Waals surface area contributed by atoms with Gasteiger partial charge >= 0.3 is 0 Å². The first kappa shape index (κ1) is 18.0. The number of carbonyl (C=O) groups is 2. The summed E-state index contributed by atoms with van der Waals surface area (Å²) in [6.45, 7) is 4.39. The molecule has 0 unspecified atom stereocenters. The second-order valence-electron chi connectivity index (χ2n) is 8.14. The van der Waals surface area contributed by atoms with E-state index in [4.69, 9.17) is 2.74 Å². The number of benzene rings is 4. The Labute approximate surface area is 186 Å². The Morgan fingerprint density at radius 2 is 0.774 bits per heavy atom. The van der Waals surface area contributed by atoms with Gasteiger partial charge in [0.2, 0.25) is 0 Å². The molecule has 0 saturated heterocycles. The van der Waals surface area contributed by atoms with Gasteiger partial charge in [0.05, 0.1) is 0 Å². The zero-order valence-electron chi connectivity index (χ0n) is 19.6. The van der Waals surface area contributed by atoms with Gasteiger partial charge in [0.25, 0.3) is 0 Å². The maximum atomic E-state index is 11.2. The van der Waals surface area contributed by atoms with Crippen molar-refractivity contribution in [3.8, 4) is 22.3 Å². The van der Waals surface area contributed by atoms with Crippen LogP contribution in [0.3, 0.4) is 0 Å². The van der Waals surface area contributed by atoms with E-state index in [1.807, 2.05) is 24.3 Å². The van der Waals surface area contributed by atoms with E-state index in [0.717, 1.165) is 22.3 Å². The lowest BCUT2D eigenvalue weighted by molar-refractivity contribution is 0.111. The van der Waals surface area contributed by atoms with Crippen molar-refractivity contribution in [3.63, 3.8) is 0 Å². The predicted molar refractivity (Wildman–Crippen MR) is 127 cm³/mol. The molecular formula is C29H24O2. The second kappa shape index (κ2) is 8.53. The van der Waals surface area contributed by atoms with Gasteiger partial charge in [-0.2, -0.15) is 0 Å². The third-order valence-corrected chi connectivity index (χ3v) is 5.89. The highest BCUT2D eigenvalue weighted by Gasteiger charge is 2.23. The van der Waals surface area contributed by atoms with Gasteiger partial charge in [-0.15, -0.1) is 0 Å². The van der Waals surface area contributed by atoms with Crippen molar-refractivity contribution in [2.75, 3.05) is 0 Å². The van der Waals surface area contributed by atoms with Gasteiger partial charge in [-0.1, -0.05) is 111 Å². The van der Waals surface area contributed by atoms with Crippen LogP contribution in [-0.2, 0) is 5.41 Å².